The molecule has 1 rings (SSSR count). The molecule has 3 nitrogen and oxygen atoms in total. The average Bonchev–Trinajstić information content (AvgIpc) is 2.59. The molecule has 92 valence electrons. The van der Waals surface area contributed by atoms with Crippen molar-refractivity contribution in [2.75, 3.05) is 12.8 Å². The molecule has 0 saturated carbocycles. The maximum atomic E-state index is 5.55. The van der Waals surface area contributed by atoms with Crippen molar-refractivity contribution >= 4 is 11.8 Å². The van der Waals surface area contributed by atoms with Gasteiger partial charge < -0.3 is 9.73 Å². The minimum Gasteiger partial charge on any atom is -0.437 e. The van der Waals surface area contributed by atoms with E-state index in [0.29, 0.717) is 12.0 Å². The monoisotopic (exact) mass is 242 g/mol. The minimum absolute atomic E-state index is 0.516. The van der Waals surface area contributed by atoms with E-state index >= 15 is 0 Å². The Morgan fingerprint density at radius 3 is 2.56 bits per heavy atom. The van der Waals surface area contributed by atoms with Crippen LogP contribution in [0.4, 0.5) is 0 Å². The molecule has 1 aromatic heterocycles. The zero-order valence-electron chi connectivity index (χ0n) is 10.8. The number of oxazole rings is 1. The molecule has 0 radical (unpaired) electrons. The molecule has 2 unspecified atom stereocenters. The number of nitrogens with zero attached hydrogens (tertiary/aromatic N) is 1. The van der Waals surface area contributed by atoms with E-state index in [9.17, 15) is 0 Å². The molecule has 2 atom stereocenters. The summed E-state index contributed by atoms with van der Waals surface area (Å²) >= 11 is 1.69. The molecule has 0 aliphatic rings. The van der Waals surface area contributed by atoms with E-state index in [-0.39, 0.29) is 0 Å². The lowest BCUT2D eigenvalue weighted by Gasteiger charge is -2.21. The van der Waals surface area contributed by atoms with Crippen LogP contribution in [-0.4, -0.2) is 23.8 Å². The highest BCUT2D eigenvalue weighted by atomic mass is 32.2. The van der Waals surface area contributed by atoms with Crippen LogP contribution < -0.4 is 5.32 Å². The molecule has 0 aliphatic heterocycles. The van der Waals surface area contributed by atoms with Gasteiger partial charge in [0.25, 0.3) is 5.22 Å². The van der Waals surface area contributed by atoms with E-state index < -0.39 is 0 Å². The number of aryl methyl sites for hydroxylation is 2. The van der Waals surface area contributed by atoms with Crippen LogP contribution in [0, 0.1) is 19.8 Å². The topological polar surface area (TPSA) is 38.1 Å². The highest BCUT2D eigenvalue weighted by Crippen LogP contribution is 2.23. The van der Waals surface area contributed by atoms with Crippen LogP contribution in [0.15, 0.2) is 9.64 Å². The zero-order valence-corrected chi connectivity index (χ0v) is 11.6. The Bertz CT molecular complexity index is 305. The van der Waals surface area contributed by atoms with Crippen molar-refractivity contribution in [2.45, 2.75) is 45.4 Å². The summed E-state index contributed by atoms with van der Waals surface area (Å²) < 4.78 is 5.55. The first-order valence-electron chi connectivity index (χ1n) is 5.82. The predicted octanol–water partition coefficient (Wildman–Crippen LogP) is 3.02. The quantitative estimate of drug-likeness (QED) is 0.778. The maximum absolute atomic E-state index is 5.55. The Hall–Kier alpha value is -0.480. The number of nitrogens with one attached hydrogen (secondary N) is 1. The van der Waals surface area contributed by atoms with Crippen LogP contribution in [0.2, 0.25) is 0 Å². The summed E-state index contributed by atoms with van der Waals surface area (Å²) in [5.41, 5.74) is 0.993. The molecule has 0 aromatic carbocycles. The fraction of sp³-hybridized carbons (Fsp3) is 0.750. The van der Waals surface area contributed by atoms with Gasteiger partial charge in [-0.1, -0.05) is 32.0 Å². The highest BCUT2D eigenvalue weighted by molar-refractivity contribution is 7.99. The maximum Gasteiger partial charge on any atom is 0.256 e. The molecule has 4 heteroatoms. The number of rotatable bonds is 6. The molecular formula is C12H22N2OS. The van der Waals surface area contributed by atoms with Gasteiger partial charge in [0.05, 0.1) is 5.69 Å². The lowest BCUT2D eigenvalue weighted by molar-refractivity contribution is 0.412. The third kappa shape index (κ3) is 3.52. The molecule has 1 aromatic rings. The molecule has 16 heavy (non-hydrogen) atoms. The first-order chi connectivity index (χ1) is 7.58. The molecule has 0 amide bonds. The third-order valence-corrected chi connectivity index (χ3v) is 4.04. The van der Waals surface area contributed by atoms with Crippen LogP contribution in [0.25, 0.3) is 0 Å². The van der Waals surface area contributed by atoms with Crippen LogP contribution in [0.5, 0.6) is 0 Å². The summed E-state index contributed by atoms with van der Waals surface area (Å²) in [6.07, 6.45) is 1.19. The largest absolute Gasteiger partial charge is 0.437 e. The van der Waals surface area contributed by atoms with Gasteiger partial charge in [0.15, 0.2) is 0 Å². The van der Waals surface area contributed by atoms with Gasteiger partial charge in [-0.15, -0.1) is 0 Å². The lowest BCUT2D eigenvalue weighted by atomic mass is 10.0. The Balaban J connectivity index is 2.49. The Morgan fingerprint density at radius 2 is 2.12 bits per heavy atom. The first-order valence-corrected chi connectivity index (χ1v) is 6.81. The van der Waals surface area contributed by atoms with E-state index in [1.807, 2.05) is 20.9 Å². The summed E-state index contributed by atoms with van der Waals surface area (Å²) in [6, 6.07) is 0.516. The molecule has 1 heterocycles. The van der Waals surface area contributed by atoms with Crippen molar-refractivity contribution in [1.82, 2.24) is 10.3 Å². The van der Waals surface area contributed by atoms with Crippen molar-refractivity contribution in [3.8, 4) is 0 Å². The van der Waals surface area contributed by atoms with Gasteiger partial charge in [-0.05, 0) is 26.8 Å². The summed E-state index contributed by atoms with van der Waals surface area (Å²) in [6.45, 7) is 8.43. The molecule has 0 bridgehead atoms. The normalized spacial score (nSPS) is 15.1. The van der Waals surface area contributed by atoms with E-state index in [4.69, 9.17) is 4.42 Å². The highest BCUT2D eigenvalue weighted by Gasteiger charge is 2.15. The van der Waals surface area contributed by atoms with Crippen molar-refractivity contribution in [3.63, 3.8) is 0 Å². The SMILES string of the molecule is CCC(C)C(CSc1nc(C)c(C)o1)NC. The van der Waals surface area contributed by atoms with Gasteiger partial charge in [0, 0.05) is 11.8 Å². The van der Waals surface area contributed by atoms with Gasteiger partial charge in [-0.25, -0.2) is 4.98 Å². The second-order valence-electron chi connectivity index (χ2n) is 4.21. The van der Waals surface area contributed by atoms with Crippen molar-refractivity contribution < 1.29 is 4.42 Å². The van der Waals surface area contributed by atoms with E-state index in [2.05, 4.69) is 24.1 Å². The lowest BCUT2D eigenvalue weighted by Crippen LogP contribution is -2.34. The first kappa shape index (κ1) is 13.6. The van der Waals surface area contributed by atoms with Crippen molar-refractivity contribution in [3.05, 3.63) is 11.5 Å². The molecule has 0 spiro atoms. The van der Waals surface area contributed by atoms with Crippen LogP contribution in [-0.2, 0) is 0 Å². The Kier molecular flexibility index (Phi) is 5.35. The number of hydrogen-bond donors (Lipinski definition) is 1. The van der Waals surface area contributed by atoms with Crippen molar-refractivity contribution in [2.24, 2.45) is 5.92 Å². The van der Waals surface area contributed by atoms with Crippen molar-refractivity contribution in [1.29, 1.82) is 0 Å². The smallest absolute Gasteiger partial charge is 0.256 e. The zero-order chi connectivity index (χ0) is 12.1. The molecular weight excluding hydrogens is 220 g/mol. The fourth-order valence-electron chi connectivity index (χ4n) is 1.48. The van der Waals surface area contributed by atoms with Gasteiger partial charge in [-0.3, -0.25) is 0 Å². The molecule has 0 aliphatic carbocycles. The third-order valence-electron chi connectivity index (χ3n) is 3.10. The van der Waals surface area contributed by atoms with Crippen LogP contribution in [0.3, 0.4) is 0 Å². The molecule has 0 saturated heterocycles. The number of thioether (sulfide) groups is 1. The second-order valence-corrected chi connectivity index (χ2v) is 5.18. The van der Waals surface area contributed by atoms with Gasteiger partial charge in [0.1, 0.15) is 5.76 Å². The summed E-state index contributed by atoms with van der Waals surface area (Å²) in [5, 5.41) is 4.14. The van der Waals surface area contributed by atoms with Gasteiger partial charge in [-0.2, -0.15) is 0 Å². The standard InChI is InChI=1S/C12H22N2OS/c1-6-8(2)11(13-5)7-16-12-14-9(3)10(4)15-12/h8,11,13H,6-7H2,1-5H3. The Labute approximate surface area is 102 Å². The average molecular weight is 242 g/mol. The van der Waals surface area contributed by atoms with Gasteiger partial charge in [0.2, 0.25) is 0 Å². The fourth-order valence-corrected chi connectivity index (χ4v) is 2.69. The molecule has 0 fully saturated rings. The number of aromatic nitrogens is 1. The minimum atomic E-state index is 0.516. The summed E-state index contributed by atoms with van der Waals surface area (Å²) in [7, 11) is 2.02. The predicted molar refractivity (Wildman–Crippen MR) is 69.0 cm³/mol. The van der Waals surface area contributed by atoms with Crippen LogP contribution >= 0.6 is 11.8 Å². The Morgan fingerprint density at radius 1 is 1.44 bits per heavy atom. The van der Waals surface area contributed by atoms with Gasteiger partial charge >= 0.3 is 0 Å². The van der Waals surface area contributed by atoms with E-state index in [1.165, 1.54) is 6.42 Å². The summed E-state index contributed by atoms with van der Waals surface area (Å²) in [5.74, 6) is 2.60. The number of hydrogen-bond acceptors (Lipinski definition) is 4. The second kappa shape index (κ2) is 6.30. The van der Waals surface area contributed by atoms with E-state index in [1.54, 1.807) is 11.8 Å². The van der Waals surface area contributed by atoms with Crippen LogP contribution in [0.1, 0.15) is 31.7 Å². The molecule has 1 N–H and O–H groups in total. The summed E-state index contributed by atoms with van der Waals surface area (Å²) in [4.78, 5) is 4.37. The van der Waals surface area contributed by atoms with E-state index in [0.717, 1.165) is 22.4 Å².